The number of hydrogen-bond acceptors (Lipinski definition) is 3. The van der Waals surface area contributed by atoms with E-state index in [2.05, 4.69) is 10.6 Å². The van der Waals surface area contributed by atoms with E-state index in [0.717, 1.165) is 5.56 Å². The van der Waals surface area contributed by atoms with Crippen molar-refractivity contribution in [1.29, 1.82) is 0 Å². The van der Waals surface area contributed by atoms with Crippen molar-refractivity contribution >= 4 is 11.9 Å². The molecule has 0 bridgehead atoms. The van der Waals surface area contributed by atoms with Gasteiger partial charge in [-0.25, -0.2) is 4.79 Å². The number of nitrogens with one attached hydrogen (secondary N) is 2. The molecule has 114 valence electrons. The van der Waals surface area contributed by atoms with Gasteiger partial charge in [0, 0.05) is 6.54 Å². The normalized spacial score (nSPS) is 19.5. The van der Waals surface area contributed by atoms with Gasteiger partial charge in [0.05, 0.1) is 6.04 Å². The van der Waals surface area contributed by atoms with Gasteiger partial charge in [-0.15, -0.1) is 0 Å². The molecule has 1 aliphatic heterocycles. The summed E-state index contributed by atoms with van der Waals surface area (Å²) in [5.41, 5.74) is 1.79. The van der Waals surface area contributed by atoms with Gasteiger partial charge in [-0.05, 0) is 23.0 Å². The van der Waals surface area contributed by atoms with Gasteiger partial charge < -0.3 is 15.7 Å². The van der Waals surface area contributed by atoms with E-state index in [4.69, 9.17) is 0 Å². The molecule has 2 rings (SSSR count). The smallest absolute Gasteiger partial charge is 0.326 e. The summed E-state index contributed by atoms with van der Waals surface area (Å²) in [5, 5.41) is 15.1. The summed E-state index contributed by atoms with van der Waals surface area (Å²) in [7, 11) is 0. The number of carbonyl (C=O) groups excluding carboxylic acids is 1. The predicted octanol–water partition coefficient (Wildman–Crippen LogP) is 1.32. The maximum Gasteiger partial charge on any atom is 0.326 e. The van der Waals surface area contributed by atoms with E-state index < -0.39 is 17.4 Å². The quantitative estimate of drug-likeness (QED) is 0.784. The van der Waals surface area contributed by atoms with Crippen LogP contribution in [0.5, 0.6) is 0 Å². The summed E-state index contributed by atoms with van der Waals surface area (Å²) in [4.78, 5) is 23.7. The zero-order valence-corrected chi connectivity index (χ0v) is 12.6. The maximum absolute atomic E-state index is 12.3. The van der Waals surface area contributed by atoms with Crippen LogP contribution in [0, 0.1) is 5.41 Å². The van der Waals surface area contributed by atoms with Crippen LogP contribution < -0.4 is 10.6 Å². The number of rotatable bonds is 3. The summed E-state index contributed by atoms with van der Waals surface area (Å²) in [6.45, 7) is 6.03. The zero-order valence-electron chi connectivity index (χ0n) is 12.6. The van der Waals surface area contributed by atoms with Crippen LogP contribution in [0.25, 0.3) is 0 Å². The first kappa shape index (κ1) is 15.5. The Bertz CT molecular complexity index is 549. The van der Waals surface area contributed by atoms with Crippen molar-refractivity contribution in [3.63, 3.8) is 0 Å². The first-order valence-electron chi connectivity index (χ1n) is 7.12. The molecule has 0 radical (unpaired) electrons. The second kappa shape index (κ2) is 5.85. The average molecular weight is 290 g/mol. The molecule has 0 saturated heterocycles. The Hall–Kier alpha value is -1.88. The molecule has 0 spiro atoms. The SMILES string of the molecule is CC(C)(C)[C@@H](NC(=O)C1Cc2ccccc2CN1)C(=O)O. The Balaban J connectivity index is 2.06. The minimum Gasteiger partial charge on any atom is -0.480 e. The summed E-state index contributed by atoms with van der Waals surface area (Å²) in [6.07, 6.45) is 0.582. The predicted molar refractivity (Wildman–Crippen MR) is 79.8 cm³/mol. The van der Waals surface area contributed by atoms with Gasteiger partial charge in [-0.2, -0.15) is 0 Å². The zero-order chi connectivity index (χ0) is 15.6. The van der Waals surface area contributed by atoms with E-state index in [0.29, 0.717) is 13.0 Å². The summed E-state index contributed by atoms with van der Waals surface area (Å²) >= 11 is 0. The lowest BCUT2D eigenvalue weighted by atomic mass is 9.86. The molecule has 21 heavy (non-hydrogen) atoms. The van der Waals surface area contributed by atoms with Gasteiger partial charge in [0.2, 0.25) is 5.91 Å². The van der Waals surface area contributed by atoms with Crippen LogP contribution in [0.1, 0.15) is 31.9 Å². The Morgan fingerprint density at radius 2 is 1.90 bits per heavy atom. The van der Waals surface area contributed by atoms with Crippen molar-refractivity contribution in [1.82, 2.24) is 10.6 Å². The molecular weight excluding hydrogens is 268 g/mol. The average Bonchev–Trinajstić information content (AvgIpc) is 2.42. The third-order valence-corrected chi connectivity index (χ3v) is 3.80. The minimum atomic E-state index is -1.01. The number of fused-ring (bicyclic) bond motifs is 1. The summed E-state index contributed by atoms with van der Waals surface area (Å²) in [5.74, 6) is -1.26. The van der Waals surface area contributed by atoms with Crippen molar-refractivity contribution < 1.29 is 14.7 Å². The van der Waals surface area contributed by atoms with E-state index in [-0.39, 0.29) is 11.9 Å². The second-order valence-electron chi connectivity index (χ2n) is 6.55. The van der Waals surface area contributed by atoms with Crippen LogP contribution in [-0.4, -0.2) is 29.1 Å². The van der Waals surface area contributed by atoms with Crippen molar-refractivity contribution in [2.75, 3.05) is 0 Å². The molecule has 1 aromatic carbocycles. The van der Waals surface area contributed by atoms with Crippen LogP contribution >= 0.6 is 0 Å². The maximum atomic E-state index is 12.3. The largest absolute Gasteiger partial charge is 0.480 e. The molecule has 2 atom stereocenters. The standard InChI is InChI=1S/C16H22N2O3/c1-16(2,3)13(15(20)21)18-14(19)12-8-10-6-4-5-7-11(10)9-17-12/h4-7,12-13,17H,8-9H2,1-3H3,(H,18,19)(H,20,21)/t12?,13-/m0/s1. The van der Waals surface area contributed by atoms with E-state index in [1.165, 1.54) is 5.56 Å². The fourth-order valence-corrected chi connectivity index (χ4v) is 2.53. The monoisotopic (exact) mass is 290 g/mol. The molecule has 0 fully saturated rings. The van der Waals surface area contributed by atoms with E-state index in [9.17, 15) is 14.7 Å². The van der Waals surface area contributed by atoms with Gasteiger partial charge in [0.1, 0.15) is 6.04 Å². The Morgan fingerprint density at radius 3 is 2.48 bits per heavy atom. The lowest BCUT2D eigenvalue weighted by molar-refractivity contribution is -0.145. The number of carboxylic acid groups (broad SMARTS) is 1. The minimum absolute atomic E-state index is 0.258. The molecule has 0 saturated carbocycles. The number of benzene rings is 1. The van der Waals surface area contributed by atoms with E-state index in [1.807, 2.05) is 24.3 Å². The Morgan fingerprint density at radius 1 is 1.29 bits per heavy atom. The number of amides is 1. The van der Waals surface area contributed by atoms with Crippen LogP contribution in [-0.2, 0) is 22.6 Å². The van der Waals surface area contributed by atoms with Gasteiger partial charge >= 0.3 is 5.97 Å². The van der Waals surface area contributed by atoms with Gasteiger partial charge in [0.25, 0.3) is 0 Å². The van der Waals surface area contributed by atoms with Gasteiger partial charge in [-0.1, -0.05) is 45.0 Å². The highest BCUT2D eigenvalue weighted by molar-refractivity contribution is 5.87. The lowest BCUT2D eigenvalue weighted by Gasteiger charge is -2.31. The van der Waals surface area contributed by atoms with Gasteiger partial charge in [-0.3, -0.25) is 4.79 Å². The number of aliphatic carboxylic acids is 1. The van der Waals surface area contributed by atoms with Crippen LogP contribution in [0.3, 0.4) is 0 Å². The van der Waals surface area contributed by atoms with Crippen LogP contribution in [0.15, 0.2) is 24.3 Å². The topological polar surface area (TPSA) is 78.4 Å². The van der Waals surface area contributed by atoms with Crippen molar-refractivity contribution in [2.45, 2.75) is 45.8 Å². The van der Waals surface area contributed by atoms with E-state index >= 15 is 0 Å². The number of hydrogen-bond donors (Lipinski definition) is 3. The third-order valence-electron chi connectivity index (χ3n) is 3.80. The fraction of sp³-hybridized carbons (Fsp3) is 0.500. The fourth-order valence-electron chi connectivity index (χ4n) is 2.53. The molecule has 3 N–H and O–H groups in total. The van der Waals surface area contributed by atoms with Crippen LogP contribution in [0.4, 0.5) is 0 Å². The van der Waals surface area contributed by atoms with Gasteiger partial charge in [0.15, 0.2) is 0 Å². The van der Waals surface area contributed by atoms with Crippen molar-refractivity contribution in [3.05, 3.63) is 35.4 Å². The number of carbonyl (C=O) groups is 2. The van der Waals surface area contributed by atoms with E-state index in [1.54, 1.807) is 20.8 Å². The molecule has 5 heteroatoms. The Labute approximate surface area is 124 Å². The molecule has 1 amide bonds. The first-order chi connectivity index (χ1) is 9.79. The molecule has 1 heterocycles. The molecule has 1 unspecified atom stereocenters. The third kappa shape index (κ3) is 3.61. The second-order valence-corrected chi connectivity index (χ2v) is 6.55. The van der Waals surface area contributed by atoms with Crippen molar-refractivity contribution in [2.24, 2.45) is 5.41 Å². The molecule has 0 aliphatic carbocycles. The molecule has 1 aromatic rings. The molecular formula is C16H22N2O3. The summed E-state index contributed by atoms with van der Waals surface area (Å²) < 4.78 is 0. The molecule has 5 nitrogen and oxygen atoms in total. The molecule has 0 aromatic heterocycles. The van der Waals surface area contributed by atoms with Crippen LogP contribution in [0.2, 0.25) is 0 Å². The van der Waals surface area contributed by atoms with Crippen molar-refractivity contribution in [3.8, 4) is 0 Å². The lowest BCUT2D eigenvalue weighted by Crippen LogP contribution is -2.55. The summed E-state index contributed by atoms with van der Waals surface area (Å²) in [6, 6.07) is 6.68. The number of carboxylic acids is 1. The first-order valence-corrected chi connectivity index (χ1v) is 7.12. The highest BCUT2D eigenvalue weighted by atomic mass is 16.4. The highest BCUT2D eigenvalue weighted by Gasteiger charge is 2.35. The highest BCUT2D eigenvalue weighted by Crippen LogP contribution is 2.21. The molecule has 1 aliphatic rings. The Kier molecular flexibility index (Phi) is 4.32.